The van der Waals surface area contributed by atoms with Crippen LogP contribution in [0.5, 0.6) is 11.5 Å². The number of benzene rings is 2. The number of fused-ring (bicyclic) bond motifs is 1. The van der Waals surface area contributed by atoms with E-state index in [4.69, 9.17) is 9.47 Å². The molecule has 1 N–H and O–H groups in total. The summed E-state index contributed by atoms with van der Waals surface area (Å²) < 4.78 is 10.7. The van der Waals surface area contributed by atoms with Gasteiger partial charge in [0.2, 0.25) is 18.6 Å². The number of nitrogens with one attached hydrogen (secondary N) is 1. The van der Waals surface area contributed by atoms with Crippen molar-refractivity contribution in [3.63, 3.8) is 0 Å². The van der Waals surface area contributed by atoms with Crippen molar-refractivity contribution in [1.82, 2.24) is 4.90 Å². The molecule has 6 nitrogen and oxygen atoms in total. The van der Waals surface area contributed by atoms with Crippen LogP contribution in [0.3, 0.4) is 0 Å². The van der Waals surface area contributed by atoms with Gasteiger partial charge in [0.1, 0.15) is 0 Å². The van der Waals surface area contributed by atoms with Crippen molar-refractivity contribution in [3.05, 3.63) is 53.1 Å². The molecule has 2 aromatic rings. The normalized spacial score (nSPS) is 12.2. The molecule has 0 aliphatic carbocycles. The van der Waals surface area contributed by atoms with E-state index >= 15 is 0 Å². The van der Waals surface area contributed by atoms with Gasteiger partial charge in [-0.25, -0.2) is 0 Å². The van der Waals surface area contributed by atoms with Gasteiger partial charge in [-0.05, 0) is 41.7 Å². The summed E-state index contributed by atoms with van der Waals surface area (Å²) in [5.74, 6) is 1.53. The zero-order chi connectivity index (χ0) is 21.0. The average Bonchev–Trinajstić information content (AvgIpc) is 3.14. The number of para-hydroxylation sites is 1. The lowest BCUT2D eigenvalue weighted by Gasteiger charge is -2.22. The molecule has 0 aromatic heterocycles. The largest absolute Gasteiger partial charge is 0.454 e. The minimum atomic E-state index is -0.0989. The summed E-state index contributed by atoms with van der Waals surface area (Å²) in [6.45, 7) is 8.69. The number of carbonyl (C=O) groups excluding carboxylic acids is 2. The van der Waals surface area contributed by atoms with E-state index in [-0.39, 0.29) is 25.0 Å². The molecule has 0 radical (unpaired) electrons. The Bertz CT molecular complexity index is 908. The Kier molecular flexibility index (Phi) is 6.42. The number of nitrogens with zero attached hydrogens (tertiary/aromatic N) is 1. The van der Waals surface area contributed by atoms with E-state index in [2.05, 4.69) is 19.2 Å². The lowest BCUT2D eigenvalue weighted by molar-refractivity contribution is -0.129. The van der Waals surface area contributed by atoms with Crippen LogP contribution in [0.15, 0.2) is 36.4 Å². The molecule has 1 aliphatic heterocycles. The van der Waals surface area contributed by atoms with E-state index in [1.165, 1.54) is 6.92 Å². The molecule has 1 aliphatic rings. The van der Waals surface area contributed by atoms with Crippen molar-refractivity contribution in [2.24, 2.45) is 0 Å². The van der Waals surface area contributed by atoms with Gasteiger partial charge in [-0.2, -0.15) is 0 Å². The Labute approximate surface area is 171 Å². The Hall–Kier alpha value is -3.02. The standard InChI is InChI=1S/C23H28N2O4/c1-15(2)19-7-5-6-16(3)23(19)24-22(27)10-11-25(17(4)26)13-18-8-9-20-21(12-18)29-14-28-20/h5-9,12,15H,10-11,13-14H2,1-4H3,(H,24,27). The molecule has 3 rings (SSSR count). The van der Waals surface area contributed by atoms with Crippen LogP contribution in [0, 0.1) is 6.92 Å². The van der Waals surface area contributed by atoms with Crippen molar-refractivity contribution < 1.29 is 19.1 Å². The molecule has 154 valence electrons. The third kappa shape index (κ3) is 5.08. The quantitative estimate of drug-likeness (QED) is 0.761. The number of carbonyl (C=O) groups is 2. The third-order valence-corrected chi connectivity index (χ3v) is 5.06. The van der Waals surface area contributed by atoms with Crippen LogP contribution in [0.4, 0.5) is 5.69 Å². The fourth-order valence-corrected chi connectivity index (χ4v) is 3.39. The zero-order valence-corrected chi connectivity index (χ0v) is 17.5. The molecule has 0 saturated heterocycles. The number of aryl methyl sites for hydroxylation is 1. The minimum absolute atomic E-state index is 0.0748. The smallest absolute Gasteiger partial charge is 0.231 e. The first-order valence-corrected chi connectivity index (χ1v) is 9.88. The predicted octanol–water partition coefficient (Wildman–Crippen LogP) is 4.22. The minimum Gasteiger partial charge on any atom is -0.454 e. The van der Waals surface area contributed by atoms with E-state index in [0.29, 0.717) is 30.5 Å². The highest BCUT2D eigenvalue weighted by atomic mass is 16.7. The molecular weight excluding hydrogens is 368 g/mol. The predicted molar refractivity (Wildman–Crippen MR) is 112 cm³/mol. The number of hydrogen-bond acceptors (Lipinski definition) is 4. The molecule has 2 aromatic carbocycles. The van der Waals surface area contributed by atoms with Gasteiger partial charge in [-0.1, -0.05) is 38.1 Å². The lowest BCUT2D eigenvalue weighted by Crippen LogP contribution is -2.31. The van der Waals surface area contributed by atoms with E-state index in [1.54, 1.807) is 4.90 Å². The van der Waals surface area contributed by atoms with Crippen molar-refractivity contribution in [1.29, 1.82) is 0 Å². The zero-order valence-electron chi connectivity index (χ0n) is 17.5. The maximum absolute atomic E-state index is 12.6. The van der Waals surface area contributed by atoms with Crippen LogP contribution in [0.25, 0.3) is 0 Å². The van der Waals surface area contributed by atoms with Gasteiger partial charge in [-0.3, -0.25) is 9.59 Å². The number of hydrogen-bond donors (Lipinski definition) is 1. The van der Waals surface area contributed by atoms with Crippen LogP contribution < -0.4 is 14.8 Å². The summed E-state index contributed by atoms with van der Waals surface area (Å²) >= 11 is 0. The summed E-state index contributed by atoms with van der Waals surface area (Å²) in [5.41, 5.74) is 3.96. The molecule has 0 saturated carbocycles. The first-order chi connectivity index (χ1) is 13.8. The van der Waals surface area contributed by atoms with Crippen LogP contribution in [-0.4, -0.2) is 30.1 Å². The number of rotatable bonds is 7. The third-order valence-electron chi connectivity index (χ3n) is 5.06. The summed E-state index contributed by atoms with van der Waals surface area (Å²) in [7, 11) is 0. The Balaban J connectivity index is 1.62. The number of anilines is 1. The molecule has 0 bridgehead atoms. The van der Waals surface area contributed by atoms with Gasteiger partial charge in [0.25, 0.3) is 0 Å². The van der Waals surface area contributed by atoms with E-state index in [1.807, 2.05) is 43.3 Å². The lowest BCUT2D eigenvalue weighted by atomic mass is 9.98. The number of amides is 2. The monoisotopic (exact) mass is 396 g/mol. The highest BCUT2D eigenvalue weighted by Gasteiger charge is 2.17. The van der Waals surface area contributed by atoms with Crippen molar-refractivity contribution in [2.45, 2.75) is 46.6 Å². The molecular formula is C23H28N2O4. The van der Waals surface area contributed by atoms with E-state index in [0.717, 1.165) is 22.4 Å². The van der Waals surface area contributed by atoms with Gasteiger partial charge in [-0.15, -0.1) is 0 Å². The Morgan fingerprint density at radius 3 is 2.62 bits per heavy atom. The molecule has 6 heteroatoms. The first-order valence-electron chi connectivity index (χ1n) is 9.88. The van der Waals surface area contributed by atoms with Gasteiger partial charge in [0, 0.05) is 32.1 Å². The average molecular weight is 396 g/mol. The highest BCUT2D eigenvalue weighted by Crippen LogP contribution is 2.33. The summed E-state index contributed by atoms with van der Waals surface area (Å²) in [4.78, 5) is 26.3. The van der Waals surface area contributed by atoms with Crippen molar-refractivity contribution >= 4 is 17.5 Å². The fourth-order valence-electron chi connectivity index (χ4n) is 3.39. The van der Waals surface area contributed by atoms with Crippen LogP contribution in [0.1, 0.15) is 49.8 Å². The first kappa shape index (κ1) is 20.7. The van der Waals surface area contributed by atoms with Gasteiger partial charge < -0.3 is 19.7 Å². The fraction of sp³-hybridized carbons (Fsp3) is 0.391. The summed E-state index contributed by atoms with van der Waals surface area (Å²) in [5, 5.41) is 3.04. The topological polar surface area (TPSA) is 67.9 Å². The van der Waals surface area contributed by atoms with Gasteiger partial charge >= 0.3 is 0 Å². The van der Waals surface area contributed by atoms with Crippen molar-refractivity contribution in [3.8, 4) is 11.5 Å². The van der Waals surface area contributed by atoms with E-state index < -0.39 is 0 Å². The highest BCUT2D eigenvalue weighted by molar-refractivity contribution is 5.92. The van der Waals surface area contributed by atoms with Gasteiger partial charge in [0.15, 0.2) is 11.5 Å². The molecule has 29 heavy (non-hydrogen) atoms. The van der Waals surface area contributed by atoms with Crippen molar-refractivity contribution in [2.75, 3.05) is 18.7 Å². The van der Waals surface area contributed by atoms with Gasteiger partial charge in [0.05, 0.1) is 0 Å². The van der Waals surface area contributed by atoms with E-state index in [9.17, 15) is 9.59 Å². The molecule has 2 amide bonds. The van der Waals surface area contributed by atoms with Crippen LogP contribution in [0.2, 0.25) is 0 Å². The maximum Gasteiger partial charge on any atom is 0.231 e. The summed E-state index contributed by atoms with van der Waals surface area (Å²) in [6.07, 6.45) is 0.232. The second-order valence-electron chi connectivity index (χ2n) is 7.62. The SMILES string of the molecule is CC(=O)N(CCC(=O)Nc1c(C)cccc1C(C)C)Cc1ccc2c(c1)OCO2. The second kappa shape index (κ2) is 8.99. The van der Waals surface area contributed by atoms with Crippen LogP contribution >= 0.6 is 0 Å². The molecule has 0 fully saturated rings. The Morgan fingerprint density at radius 1 is 1.14 bits per heavy atom. The molecule has 0 unspecified atom stereocenters. The second-order valence-corrected chi connectivity index (χ2v) is 7.62. The number of ether oxygens (including phenoxy) is 2. The Morgan fingerprint density at radius 2 is 1.90 bits per heavy atom. The molecule has 0 spiro atoms. The molecule has 0 atom stereocenters. The van der Waals surface area contributed by atoms with Crippen LogP contribution in [-0.2, 0) is 16.1 Å². The summed E-state index contributed by atoms with van der Waals surface area (Å²) in [6, 6.07) is 11.7. The molecule has 1 heterocycles. The maximum atomic E-state index is 12.6.